The zero-order chi connectivity index (χ0) is 18.5. The number of nitrogens with zero attached hydrogens (tertiary/aromatic N) is 1. The van der Waals surface area contributed by atoms with Crippen LogP contribution in [0.15, 0.2) is 53.9 Å². The van der Waals surface area contributed by atoms with Crippen molar-refractivity contribution in [1.29, 1.82) is 0 Å². The fourth-order valence-corrected chi connectivity index (χ4v) is 5.31. The Bertz CT molecular complexity index is 1030. The molecule has 2 aliphatic rings. The van der Waals surface area contributed by atoms with Crippen LogP contribution in [-0.2, 0) is 0 Å². The summed E-state index contributed by atoms with van der Waals surface area (Å²) < 4.78 is 0. The van der Waals surface area contributed by atoms with Crippen LogP contribution < -0.4 is 5.32 Å². The van der Waals surface area contributed by atoms with Crippen molar-refractivity contribution in [3.05, 3.63) is 74.9 Å². The fraction of sp³-hybridized carbons (Fsp3) is 0.227. The topological polar surface area (TPSA) is 32.3 Å². The van der Waals surface area contributed by atoms with Gasteiger partial charge in [-0.25, -0.2) is 0 Å². The van der Waals surface area contributed by atoms with Gasteiger partial charge >= 0.3 is 0 Å². The number of hydrogen-bond donors (Lipinski definition) is 1. The number of nitrogens with one attached hydrogen (secondary N) is 1. The van der Waals surface area contributed by atoms with Gasteiger partial charge in [0.05, 0.1) is 4.88 Å². The Labute approximate surface area is 167 Å². The molecule has 3 heterocycles. The van der Waals surface area contributed by atoms with Crippen LogP contribution in [0.5, 0.6) is 0 Å². The summed E-state index contributed by atoms with van der Waals surface area (Å²) >= 11 is 7.41. The highest BCUT2D eigenvalue weighted by Crippen LogP contribution is 2.52. The summed E-state index contributed by atoms with van der Waals surface area (Å²) in [6.45, 7) is 0. The predicted molar refractivity (Wildman–Crippen MR) is 112 cm³/mol. The van der Waals surface area contributed by atoms with Crippen LogP contribution in [0.25, 0.3) is 11.1 Å². The van der Waals surface area contributed by atoms with Crippen molar-refractivity contribution in [1.82, 2.24) is 4.90 Å². The average molecular weight is 395 g/mol. The number of rotatable bonds is 3. The summed E-state index contributed by atoms with van der Waals surface area (Å²) in [7, 11) is 2.20. The van der Waals surface area contributed by atoms with Crippen LogP contribution in [0, 0.1) is 0 Å². The van der Waals surface area contributed by atoms with Crippen LogP contribution in [0.4, 0.5) is 5.69 Å². The van der Waals surface area contributed by atoms with E-state index in [4.69, 9.17) is 11.6 Å². The summed E-state index contributed by atoms with van der Waals surface area (Å²) in [6.07, 6.45) is 2.45. The molecule has 5 rings (SSSR count). The van der Waals surface area contributed by atoms with Gasteiger partial charge in [0.2, 0.25) is 0 Å². The van der Waals surface area contributed by atoms with Gasteiger partial charge in [-0.15, -0.1) is 11.3 Å². The van der Waals surface area contributed by atoms with Crippen molar-refractivity contribution < 1.29 is 4.79 Å². The van der Waals surface area contributed by atoms with Gasteiger partial charge in [-0.05, 0) is 77.9 Å². The van der Waals surface area contributed by atoms with E-state index in [9.17, 15) is 4.79 Å². The maximum absolute atomic E-state index is 12.7. The molecule has 1 amide bonds. The molecular weight excluding hydrogens is 376 g/mol. The number of halogens is 1. The first kappa shape index (κ1) is 17.0. The predicted octanol–water partition coefficient (Wildman–Crippen LogP) is 6.14. The highest BCUT2D eigenvalue weighted by molar-refractivity contribution is 7.12. The molecule has 3 aromatic rings. The van der Waals surface area contributed by atoms with E-state index in [2.05, 4.69) is 29.4 Å². The fourth-order valence-electron chi connectivity index (χ4n) is 4.38. The summed E-state index contributed by atoms with van der Waals surface area (Å²) in [5, 5.41) is 5.79. The number of anilines is 1. The molecule has 0 radical (unpaired) electrons. The van der Waals surface area contributed by atoms with Gasteiger partial charge in [-0.1, -0.05) is 29.8 Å². The minimum atomic E-state index is -0.0586. The van der Waals surface area contributed by atoms with Crippen molar-refractivity contribution >= 4 is 34.5 Å². The molecule has 0 saturated carbocycles. The summed E-state index contributed by atoms with van der Waals surface area (Å²) in [5.41, 5.74) is 5.77. The Morgan fingerprint density at radius 3 is 2.56 bits per heavy atom. The molecule has 27 heavy (non-hydrogen) atoms. The lowest BCUT2D eigenvalue weighted by atomic mass is 9.91. The molecule has 2 aliphatic heterocycles. The zero-order valence-electron chi connectivity index (χ0n) is 14.9. The Morgan fingerprint density at radius 1 is 1.04 bits per heavy atom. The second kappa shape index (κ2) is 6.48. The van der Waals surface area contributed by atoms with Crippen LogP contribution in [0.1, 0.15) is 45.7 Å². The van der Waals surface area contributed by atoms with Crippen LogP contribution in [0.2, 0.25) is 5.02 Å². The maximum atomic E-state index is 12.7. The van der Waals surface area contributed by atoms with Crippen molar-refractivity contribution in [2.75, 3.05) is 12.4 Å². The van der Waals surface area contributed by atoms with Gasteiger partial charge < -0.3 is 5.32 Å². The standard InChI is InChI=1S/C22H19ClN2OS/c1-25-19-8-9-20(25)18-11-16(6-7-17(18)19)24-22(26)21-10-14(12-27-21)13-2-4-15(23)5-3-13/h2-7,10-12,19-20H,8-9H2,1H3,(H,24,26)/t19-,20+/m1/s1. The van der Waals surface area contributed by atoms with E-state index in [0.29, 0.717) is 22.0 Å². The van der Waals surface area contributed by atoms with E-state index < -0.39 is 0 Å². The van der Waals surface area contributed by atoms with Crippen LogP contribution in [-0.4, -0.2) is 17.9 Å². The first-order chi connectivity index (χ1) is 13.1. The third-order valence-corrected chi connectivity index (χ3v) is 6.94. The molecular formula is C22H19ClN2OS. The molecule has 0 unspecified atom stereocenters. The van der Waals surface area contributed by atoms with E-state index in [1.807, 2.05) is 41.8 Å². The molecule has 1 aromatic heterocycles. The van der Waals surface area contributed by atoms with Crippen molar-refractivity contribution in [3.8, 4) is 11.1 Å². The number of carbonyl (C=O) groups excluding carboxylic acids is 1. The number of benzene rings is 2. The first-order valence-corrected chi connectivity index (χ1v) is 10.4. The smallest absolute Gasteiger partial charge is 0.265 e. The Kier molecular flexibility index (Phi) is 4.08. The normalized spacial score (nSPS) is 20.7. The van der Waals surface area contributed by atoms with Crippen molar-refractivity contribution in [2.45, 2.75) is 24.9 Å². The molecule has 0 aliphatic carbocycles. The lowest BCUT2D eigenvalue weighted by molar-refractivity contribution is 0.103. The largest absolute Gasteiger partial charge is 0.321 e. The van der Waals surface area contributed by atoms with Gasteiger partial charge in [0.15, 0.2) is 0 Å². The number of hydrogen-bond acceptors (Lipinski definition) is 3. The monoisotopic (exact) mass is 394 g/mol. The van der Waals surface area contributed by atoms with Crippen LogP contribution >= 0.6 is 22.9 Å². The molecule has 1 N–H and O–H groups in total. The second-order valence-electron chi connectivity index (χ2n) is 7.28. The molecule has 3 nitrogen and oxygen atoms in total. The van der Waals surface area contributed by atoms with Gasteiger partial charge in [0.25, 0.3) is 5.91 Å². The molecule has 2 bridgehead atoms. The van der Waals surface area contributed by atoms with Gasteiger partial charge in [0, 0.05) is 22.8 Å². The highest BCUT2D eigenvalue weighted by Gasteiger charge is 2.41. The molecule has 5 heteroatoms. The molecule has 0 spiro atoms. The summed E-state index contributed by atoms with van der Waals surface area (Å²) in [4.78, 5) is 15.9. The second-order valence-corrected chi connectivity index (χ2v) is 8.63. The van der Waals surface area contributed by atoms with Crippen molar-refractivity contribution in [2.24, 2.45) is 0 Å². The number of thiophene rings is 1. The van der Waals surface area contributed by atoms with E-state index in [-0.39, 0.29) is 5.91 Å². The van der Waals surface area contributed by atoms with Crippen LogP contribution in [0.3, 0.4) is 0 Å². The maximum Gasteiger partial charge on any atom is 0.265 e. The van der Waals surface area contributed by atoms with Crippen molar-refractivity contribution in [3.63, 3.8) is 0 Å². The lowest BCUT2D eigenvalue weighted by Gasteiger charge is -2.14. The molecule has 2 aromatic carbocycles. The number of amides is 1. The SMILES string of the molecule is CN1[C@@H]2CC[C@H]1c1cc(NC(=O)c3cc(-c4ccc(Cl)cc4)cs3)ccc12. The van der Waals surface area contributed by atoms with Gasteiger partial charge in [-0.2, -0.15) is 0 Å². The average Bonchev–Trinajstić information content (AvgIpc) is 3.36. The first-order valence-electron chi connectivity index (χ1n) is 9.12. The molecule has 1 fully saturated rings. The van der Waals surface area contributed by atoms with E-state index in [1.165, 1.54) is 35.3 Å². The zero-order valence-corrected chi connectivity index (χ0v) is 16.5. The number of fused-ring (bicyclic) bond motifs is 5. The van der Waals surface area contributed by atoms with Gasteiger partial charge in [-0.3, -0.25) is 9.69 Å². The Hall–Kier alpha value is -2.14. The van der Waals surface area contributed by atoms with E-state index in [0.717, 1.165) is 16.8 Å². The Morgan fingerprint density at radius 2 is 1.78 bits per heavy atom. The third-order valence-electron chi connectivity index (χ3n) is 5.76. The molecule has 1 saturated heterocycles. The highest BCUT2D eigenvalue weighted by atomic mass is 35.5. The summed E-state index contributed by atoms with van der Waals surface area (Å²) in [6, 6.07) is 17.0. The molecule has 2 atom stereocenters. The van der Waals surface area contributed by atoms with E-state index >= 15 is 0 Å². The van der Waals surface area contributed by atoms with E-state index in [1.54, 1.807) is 0 Å². The lowest BCUT2D eigenvalue weighted by Crippen LogP contribution is -2.12. The molecule has 136 valence electrons. The Balaban J connectivity index is 1.35. The minimum Gasteiger partial charge on any atom is -0.321 e. The number of carbonyl (C=O) groups is 1. The van der Waals surface area contributed by atoms with Gasteiger partial charge in [0.1, 0.15) is 0 Å². The minimum absolute atomic E-state index is 0.0586. The summed E-state index contributed by atoms with van der Waals surface area (Å²) in [5.74, 6) is -0.0586. The third kappa shape index (κ3) is 2.89. The quantitative estimate of drug-likeness (QED) is 0.578.